The monoisotopic (exact) mass is 403 g/mol. The van der Waals surface area contributed by atoms with E-state index in [4.69, 9.17) is 19.6 Å². The number of hydrogen-bond donors (Lipinski definition) is 0. The third kappa shape index (κ3) is 3.38. The molecule has 0 radical (unpaired) electrons. The van der Waals surface area contributed by atoms with Crippen LogP contribution in [-0.4, -0.2) is 35.2 Å². The number of nitrogens with zero attached hydrogens (tertiary/aromatic N) is 3. The molecular formula is C24H25N3O3. The van der Waals surface area contributed by atoms with Crippen LogP contribution in [0.3, 0.4) is 0 Å². The van der Waals surface area contributed by atoms with E-state index in [-0.39, 0.29) is 11.9 Å². The lowest BCUT2D eigenvalue weighted by Crippen LogP contribution is -2.33. The highest BCUT2D eigenvalue weighted by atomic mass is 16.5. The fourth-order valence-corrected chi connectivity index (χ4v) is 4.14. The van der Waals surface area contributed by atoms with Gasteiger partial charge in [-0.05, 0) is 31.5 Å². The number of esters is 1. The Morgan fingerprint density at radius 2 is 1.90 bits per heavy atom. The van der Waals surface area contributed by atoms with Crippen LogP contribution in [0.15, 0.2) is 59.6 Å². The van der Waals surface area contributed by atoms with E-state index < -0.39 is 5.92 Å². The number of hydrogen-bond acceptors (Lipinski definition) is 5. The van der Waals surface area contributed by atoms with Gasteiger partial charge >= 0.3 is 5.97 Å². The fourth-order valence-electron chi connectivity index (χ4n) is 4.14. The molecule has 6 heteroatoms. The highest BCUT2D eigenvalue weighted by Gasteiger charge is 2.42. The van der Waals surface area contributed by atoms with Crippen LogP contribution in [-0.2, 0) is 16.6 Å². The smallest absolute Gasteiger partial charge is 0.315 e. The van der Waals surface area contributed by atoms with E-state index in [2.05, 4.69) is 0 Å². The second kappa shape index (κ2) is 8.14. The number of methoxy groups -OCH3 is 1. The van der Waals surface area contributed by atoms with Gasteiger partial charge < -0.3 is 9.47 Å². The Hall–Kier alpha value is -3.41. The molecule has 0 bridgehead atoms. The third-order valence-corrected chi connectivity index (χ3v) is 5.47. The Kier molecular flexibility index (Phi) is 5.40. The van der Waals surface area contributed by atoms with Crippen molar-refractivity contribution < 1.29 is 14.3 Å². The first-order valence-corrected chi connectivity index (χ1v) is 10.0. The Labute approximate surface area is 176 Å². The molecule has 3 aromatic rings. The molecule has 0 amide bonds. The van der Waals surface area contributed by atoms with Crippen molar-refractivity contribution in [1.29, 1.82) is 0 Å². The molecule has 6 nitrogen and oxygen atoms in total. The van der Waals surface area contributed by atoms with Gasteiger partial charge in [-0.25, -0.2) is 4.99 Å². The van der Waals surface area contributed by atoms with Crippen LogP contribution in [0, 0.1) is 5.92 Å². The molecule has 2 heterocycles. The second-order valence-corrected chi connectivity index (χ2v) is 7.31. The van der Waals surface area contributed by atoms with Crippen molar-refractivity contribution in [1.82, 2.24) is 9.78 Å². The van der Waals surface area contributed by atoms with E-state index in [1.54, 1.807) is 11.8 Å². The lowest BCUT2D eigenvalue weighted by Gasteiger charge is -2.30. The predicted molar refractivity (Wildman–Crippen MR) is 116 cm³/mol. The summed E-state index contributed by atoms with van der Waals surface area (Å²) < 4.78 is 12.7. The first-order valence-electron chi connectivity index (χ1n) is 10.0. The van der Waals surface area contributed by atoms with Gasteiger partial charge in [-0.2, -0.15) is 5.10 Å². The summed E-state index contributed by atoms with van der Waals surface area (Å²) in [5.41, 5.74) is 4.43. The molecule has 0 aliphatic carbocycles. The largest absolute Gasteiger partial charge is 0.497 e. The molecule has 154 valence electrons. The summed E-state index contributed by atoms with van der Waals surface area (Å²) in [5.74, 6) is 0.411. The molecule has 0 saturated heterocycles. The summed E-state index contributed by atoms with van der Waals surface area (Å²) >= 11 is 0. The minimum atomic E-state index is -0.531. The Morgan fingerprint density at radius 3 is 2.60 bits per heavy atom. The van der Waals surface area contributed by atoms with Crippen molar-refractivity contribution in [3.63, 3.8) is 0 Å². The van der Waals surface area contributed by atoms with Crippen molar-refractivity contribution >= 4 is 17.5 Å². The number of carbonyl (C=O) groups excluding carboxylic acids is 1. The molecular weight excluding hydrogens is 378 g/mol. The number of fused-ring (bicyclic) bond motifs is 1. The lowest BCUT2D eigenvalue weighted by molar-refractivity contribution is -0.146. The molecule has 0 N–H and O–H groups in total. The van der Waals surface area contributed by atoms with Crippen LogP contribution >= 0.6 is 0 Å². The standard InChI is InChI=1S/C24H25N3O3/c1-5-30-24(28)19-15(2)25-23-21(20(19)17-12-9-13-18(14-17)29-4)22(26-27(23)3)16-10-7-6-8-11-16/h6-14,19-20H,5H2,1-4H3. The number of ether oxygens (including phenoxy) is 2. The van der Waals surface area contributed by atoms with E-state index in [1.807, 2.05) is 75.5 Å². The quantitative estimate of drug-likeness (QED) is 0.588. The number of aromatic nitrogens is 2. The van der Waals surface area contributed by atoms with E-state index >= 15 is 0 Å². The molecule has 0 fully saturated rings. The SMILES string of the molecule is CCOC(=O)C1C(C)=Nc2c(c(-c3ccccc3)nn2C)C1c1cccc(OC)c1. The number of rotatable bonds is 5. The Bertz CT molecular complexity index is 1100. The third-order valence-electron chi connectivity index (χ3n) is 5.47. The van der Waals surface area contributed by atoms with Gasteiger partial charge in [0.25, 0.3) is 0 Å². The zero-order chi connectivity index (χ0) is 21.3. The average molecular weight is 403 g/mol. The summed E-state index contributed by atoms with van der Waals surface area (Å²) in [6, 6.07) is 17.8. The minimum absolute atomic E-state index is 0.278. The molecule has 30 heavy (non-hydrogen) atoms. The summed E-state index contributed by atoms with van der Waals surface area (Å²) in [7, 11) is 3.52. The number of carbonyl (C=O) groups is 1. The van der Waals surface area contributed by atoms with Crippen LogP contribution in [0.2, 0.25) is 0 Å². The summed E-state index contributed by atoms with van der Waals surface area (Å²) in [6.07, 6.45) is 0. The molecule has 2 atom stereocenters. The first-order chi connectivity index (χ1) is 14.5. The highest BCUT2D eigenvalue weighted by molar-refractivity contribution is 6.05. The van der Waals surface area contributed by atoms with Crippen molar-refractivity contribution in [2.45, 2.75) is 19.8 Å². The van der Waals surface area contributed by atoms with Gasteiger partial charge in [-0.1, -0.05) is 42.5 Å². The van der Waals surface area contributed by atoms with Crippen LogP contribution in [0.5, 0.6) is 5.75 Å². The zero-order valence-electron chi connectivity index (χ0n) is 17.6. The maximum Gasteiger partial charge on any atom is 0.315 e. The molecule has 1 aromatic heterocycles. The number of benzene rings is 2. The molecule has 1 aliphatic rings. The average Bonchev–Trinajstić information content (AvgIpc) is 3.09. The molecule has 2 unspecified atom stereocenters. The topological polar surface area (TPSA) is 65.7 Å². The van der Waals surface area contributed by atoms with Gasteiger partial charge in [0.1, 0.15) is 11.7 Å². The second-order valence-electron chi connectivity index (χ2n) is 7.31. The highest BCUT2D eigenvalue weighted by Crippen LogP contribution is 2.47. The van der Waals surface area contributed by atoms with Crippen molar-refractivity contribution in [3.8, 4) is 17.0 Å². The van der Waals surface area contributed by atoms with Crippen molar-refractivity contribution in [3.05, 3.63) is 65.7 Å². The van der Waals surface area contributed by atoms with Crippen molar-refractivity contribution in [2.75, 3.05) is 13.7 Å². The van der Waals surface area contributed by atoms with Crippen LogP contribution < -0.4 is 4.74 Å². The predicted octanol–water partition coefficient (Wildman–Crippen LogP) is 4.51. The Morgan fingerprint density at radius 1 is 1.13 bits per heavy atom. The van der Waals surface area contributed by atoms with Gasteiger partial charge in [-0.15, -0.1) is 0 Å². The van der Waals surface area contributed by atoms with Crippen LogP contribution in [0.4, 0.5) is 5.82 Å². The molecule has 0 spiro atoms. The minimum Gasteiger partial charge on any atom is -0.497 e. The van der Waals surface area contributed by atoms with E-state index in [1.165, 1.54) is 0 Å². The van der Waals surface area contributed by atoms with Crippen LogP contribution in [0.1, 0.15) is 30.9 Å². The fraction of sp³-hybridized carbons (Fsp3) is 0.292. The van der Waals surface area contributed by atoms with Crippen molar-refractivity contribution in [2.24, 2.45) is 18.0 Å². The molecule has 1 aliphatic heterocycles. The molecule has 4 rings (SSSR count). The van der Waals surface area contributed by atoms with Gasteiger partial charge in [0.05, 0.1) is 19.4 Å². The summed E-state index contributed by atoms with van der Waals surface area (Å²) in [5, 5.41) is 4.78. The van der Waals surface area contributed by atoms with Gasteiger partial charge in [0, 0.05) is 29.8 Å². The maximum absolute atomic E-state index is 13.0. The normalized spacial score (nSPS) is 17.8. The Balaban J connectivity index is 1.98. The zero-order valence-corrected chi connectivity index (χ0v) is 17.6. The van der Waals surface area contributed by atoms with Gasteiger partial charge in [0.2, 0.25) is 0 Å². The van der Waals surface area contributed by atoms with E-state index in [9.17, 15) is 4.79 Å². The van der Waals surface area contributed by atoms with Gasteiger partial charge in [-0.3, -0.25) is 9.48 Å². The first kappa shape index (κ1) is 19.9. The number of aryl methyl sites for hydroxylation is 1. The summed E-state index contributed by atoms with van der Waals surface area (Å²) in [6.45, 7) is 4.02. The van der Waals surface area contributed by atoms with E-state index in [0.717, 1.165) is 39.7 Å². The molecule has 0 saturated carbocycles. The van der Waals surface area contributed by atoms with Crippen LogP contribution in [0.25, 0.3) is 11.3 Å². The number of aliphatic imine (C=N–C) groups is 1. The van der Waals surface area contributed by atoms with Gasteiger partial charge in [0.15, 0.2) is 5.82 Å². The summed E-state index contributed by atoms with van der Waals surface area (Å²) in [4.78, 5) is 17.8. The van der Waals surface area contributed by atoms with E-state index in [0.29, 0.717) is 6.61 Å². The molecule has 2 aromatic carbocycles. The maximum atomic E-state index is 13.0. The lowest BCUT2D eigenvalue weighted by atomic mass is 9.76.